The van der Waals surface area contributed by atoms with Gasteiger partial charge in [-0.3, -0.25) is 19.4 Å². The number of carbonyl (C=O) groups is 2. The number of anilines is 1. The lowest BCUT2D eigenvalue weighted by molar-refractivity contribution is -0.116. The highest BCUT2D eigenvalue weighted by molar-refractivity contribution is 5.94. The molecule has 2 saturated heterocycles. The normalized spacial score (nSPS) is 21.8. The Morgan fingerprint density at radius 2 is 1.96 bits per heavy atom. The van der Waals surface area contributed by atoms with Gasteiger partial charge in [-0.1, -0.05) is 0 Å². The summed E-state index contributed by atoms with van der Waals surface area (Å²) in [6.45, 7) is 5.30. The minimum Gasteiger partial charge on any atom is -0.366 e. The van der Waals surface area contributed by atoms with Crippen LogP contribution in [-0.2, 0) is 4.79 Å². The maximum atomic E-state index is 12.1. The number of nitrogens with one attached hydrogen (secondary N) is 1. The third kappa shape index (κ3) is 4.09. The van der Waals surface area contributed by atoms with E-state index < -0.39 is 5.91 Å². The van der Waals surface area contributed by atoms with Crippen LogP contribution in [-0.4, -0.2) is 60.4 Å². The third-order valence-corrected chi connectivity index (χ3v) is 4.78. The van der Waals surface area contributed by atoms with Crippen LogP contribution in [0.1, 0.15) is 29.6 Å². The highest BCUT2D eigenvalue weighted by atomic mass is 16.2. The first-order valence-corrected chi connectivity index (χ1v) is 8.28. The van der Waals surface area contributed by atoms with Gasteiger partial charge in [0.25, 0.3) is 0 Å². The van der Waals surface area contributed by atoms with Gasteiger partial charge in [-0.2, -0.15) is 0 Å². The van der Waals surface area contributed by atoms with E-state index in [9.17, 15) is 9.59 Å². The zero-order valence-corrected chi connectivity index (χ0v) is 13.3. The summed E-state index contributed by atoms with van der Waals surface area (Å²) in [4.78, 5) is 28.0. The lowest BCUT2D eigenvalue weighted by atomic mass is 10.1. The van der Waals surface area contributed by atoms with Crippen molar-refractivity contribution in [2.75, 3.05) is 38.0 Å². The molecule has 0 radical (unpaired) electrons. The number of fused-ring (bicyclic) bond motifs is 1. The van der Waals surface area contributed by atoms with Crippen molar-refractivity contribution in [1.29, 1.82) is 0 Å². The SMILES string of the molecule is NC(=O)c1ccc(NC(=O)CCN2CCN3CCCC3C2)cc1. The molecule has 2 heterocycles. The van der Waals surface area contributed by atoms with Crippen molar-refractivity contribution in [3.63, 3.8) is 0 Å². The predicted octanol–water partition coefficient (Wildman–Crippen LogP) is 0.894. The van der Waals surface area contributed by atoms with Gasteiger partial charge in [0.05, 0.1) is 0 Å². The topological polar surface area (TPSA) is 78.7 Å². The second-order valence-electron chi connectivity index (χ2n) is 6.37. The van der Waals surface area contributed by atoms with E-state index in [1.54, 1.807) is 24.3 Å². The zero-order chi connectivity index (χ0) is 16.2. The molecule has 0 spiro atoms. The number of nitrogens with zero attached hydrogens (tertiary/aromatic N) is 2. The van der Waals surface area contributed by atoms with Gasteiger partial charge in [0.1, 0.15) is 0 Å². The van der Waals surface area contributed by atoms with Gasteiger partial charge in [-0.15, -0.1) is 0 Å². The Kier molecular flexibility index (Phi) is 4.93. The zero-order valence-electron chi connectivity index (χ0n) is 13.3. The molecule has 3 N–H and O–H groups in total. The number of carbonyl (C=O) groups excluding carboxylic acids is 2. The van der Waals surface area contributed by atoms with Crippen LogP contribution in [0.4, 0.5) is 5.69 Å². The number of piperazine rings is 1. The molecule has 0 aromatic heterocycles. The van der Waals surface area contributed by atoms with Gasteiger partial charge in [0.15, 0.2) is 0 Å². The van der Waals surface area contributed by atoms with Gasteiger partial charge < -0.3 is 11.1 Å². The van der Waals surface area contributed by atoms with Gasteiger partial charge in [0, 0.05) is 49.9 Å². The summed E-state index contributed by atoms with van der Waals surface area (Å²) in [6, 6.07) is 7.34. The lowest BCUT2D eigenvalue weighted by Crippen LogP contribution is -2.50. The van der Waals surface area contributed by atoms with E-state index in [-0.39, 0.29) is 5.91 Å². The van der Waals surface area contributed by atoms with Crippen molar-refractivity contribution < 1.29 is 9.59 Å². The van der Waals surface area contributed by atoms with Crippen molar-refractivity contribution in [1.82, 2.24) is 9.80 Å². The lowest BCUT2D eigenvalue weighted by Gasteiger charge is -2.37. The van der Waals surface area contributed by atoms with E-state index in [1.807, 2.05) is 0 Å². The van der Waals surface area contributed by atoms with E-state index in [4.69, 9.17) is 5.73 Å². The molecule has 6 nitrogen and oxygen atoms in total. The van der Waals surface area contributed by atoms with Crippen molar-refractivity contribution >= 4 is 17.5 Å². The summed E-state index contributed by atoms with van der Waals surface area (Å²) in [7, 11) is 0. The molecular weight excluding hydrogens is 292 g/mol. The summed E-state index contributed by atoms with van der Waals surface area (Å²) in [5.74, 6) is -0.459. The van der Waals surface area contributed by atoms with E-state index in [0.29, 0.717) is 23.7 Å². The molecule has 1 unspecified atom stereocenters. The molecule has 0 bridgehead atoms. The standard InChI is InChI=1S/C17H24N4O2/c18-17(23)13-3-5-14(6-4-13)19-16(22)7-9-20-10-11-21-8-1-2-15(21)12-20/h3-6,15H,1-2,7-12H2,(H2,18,23)(H,19,22). The number of amides is 2. The van der Waals surface area contributed by atoms with E-state index in [1.165, 1.54) is 19.4 Å². The summed E-state index contributed by atoms with van der Waals surface area (Å²) in [5.41, 5.74) is 6.33. The Bertz CT molecular complexity index is 572. The van der Waals surface area contributed by atoms with Crippen LogP contribution in [0, 0.1) is 0 Å². The fourth-order valence-electron chi connectivity index (χ4n) is 3.46. The fourth-order valence-corrected chi connectivity index (χ4v) is 3.46. The molecule has 1 aromatic rings. The maximum absolute atomic E-state index is 12.1. The number of hydrogen-bond acceptors (Lipinski definition) is 4. The number of rotatable bonds is 5. The highest BCUT2D eigenvalue weighted by Crippen LogP contribution is 2.21. The number of primary amides is 1. The van der Waals surface area contributed by atoms with Gasteiger partial charge in [0.2, 0.25) is 11.8 Å². The molecule has 2 fully saturated rings. The molecule has 0 saturated carbocycles. The Hall–Kier alpha value is -1.92. The average molecular weight is 316 g/mol. The molecular formula is C17H24N4O2. The molecule has 3 rings (SSSR count). The highest BCUT2D eigenvalue weighted by Gasteiger charge is 2.30. The second kappa shape index (κ2) is 7.10. The van der Waals surface area contributed by atoms with E-state index in [0.717, 1.165) is 26.2 Å². The summed E-state index contributed by atoms with van der Waals surface area (Å²) >= 11 is 0. The van der Waals surface area contributed by atoms with Crippen LogP contribution in [0.5, 0.6) is 0 Å². The van der Waals surface area contributed by atoms with Crippen LogP contribution in [0.15, 0.2) is 24.3 Å². The fraction of sp³-hybridized carbons (Fsp3) is 0.529. The van der Waals surface area contributed by atoms with Crippen molar-refractivity contribution in [3.8, 4) is 0 Å². The first-order chi connectivity index (χ1) is 11.1. The van der Waals surface area contributed by atoms with Crippen LogP contribution in [0.3, 0.4) is 0 Å². The molecule has 2 aliphatic rings. The van der Waals surface area contributed by atoms with E-state index >= 15 is 0 Å². The summed E-state index contributed by atoms with van der Waals surface area (Å²) < 4.78 is 0. The number of nitrogens with two attached hydrogens (primary N) is 1. The Labute approximate surface area is 136 Å². The molecule has 0 aliphatic carbocycles. The van der Waals surface area contributed by atoms with Crippen LogP contribution < -0.4 is 11.1 Å². The first kappa shape index (κ1) is 16.0. The van der Waals surface area contributed by atoms with Crippen molar-refractivity contribution in [3.05, 3.63) is 29.8 Å². The molecule has 124 valence electrons. The Morgan fingerprint density at radius 1 is 1.17 bits per heavy atom. The second-order valence-corrected chi connectivity index (χ2v) is 6.37. The Balaban J connectivity index is 1.43. The molecule has 2 amide bonds. The molecule has 6 heteroatoms. The summed E-state index contributed by atoms with van der Waals surface area (Å²) in [5, 5.41) is 2.87. The quantitative estimate of drug-likeness (QED) is 0.846. The average Bonchev–Trinajstić information content (AvgIpc) is 3.01. The van der Waals surface area contributed by atoms with Crippen LogP contribution in [0.2, 0.25) is 0 Å². The maximum Gasteiger partial charge on any atom is 0.248 e. The minimum absolute atomic E-state index is 0.00526. The third-order valence-electron chi connectivity index (χ3n) is 4.78. The Morgan fingerprint density at radius 3 is 2.70 bits per heavy atom. The molecule has 23 heavy (non-hydrogen) atoms. The molecule has 1 atom stereocenters. The first-order valence-electron chi connectivity index (χ1n) is 8.28. The largest absolute Gasteiger partial charge is 0.366 e. The summed E-state index contributed by atoms with van der Waals surface area (Å²) in [6.07, 6.45) is 3.08. The minimum atomic E-state index is -0.464. The van der Waals surface area contributed by atoms with Crippen molar-refractivity contribution in [2.24, 2.45) is 5.73 Å². The number of hydrogen-bond donors (Lipinski definition) is 2. The monoisotopic (exact) mass is 316 g/mol. The van der Waals surface area contributed by atoms with E-state index in [2.05, 4.69) is 15.1 Å². The van der Waals surface area contributed by atoms with Gasteiger partial charge in [-0.25, -0.2) is 0 Å². The van der Waals surface area contributed by atoms with Gasteiger partial charge >= 0.3 is 0 Å². The molecule has 1 aromatic carbocycles. The molecule has 2 aliphatic heterocycles. The van der Waals surface area contributed by atoms with Crippen LogP contribution >= 0.6 is 0 Å². The van der Waals surface area contributed by atoms with Gasteiger partial charge in [-0.05, 0) is 43.7 Å². The van der Waals surface area contributed by atoms with Crippen LogP contribution in [0.25, 0.3) is 0 Å². The smallest absolute Gasteiger partial charge is 0.248 e. The predicted molar refractivity (Wildman–Crippen MR) is 89.2 cm³/mol. The van der Waals surface area contributed by atoms with Crippen molar-refractivity contribution in [2.45, 2.75) is 25.3 Å². The number of benzene rings is 1.